The van der Waals surface area contributed by atoms with Crippen molar-refractivity contribution in [3.8, 4) is 0 Å². The first-order chi connectivity index (χ1) is 12.1. The SMILES string of the molecule is COC1OC(OC2OC=CC3(O)C(O)C(O)C(C)(O)C23)C(O)C(O)C1O. The maximum Gasteiger partial charge on any atom is 0.210 e. The van der Waals surface area contributed by atoms with Crippen LogP contribution in [0.15, 0.2) is 12.3 Å². The van der Waals surface area contributed by atoms with E-state index in [9.17, 15) is 35.7 Å². The van der Waals surface area contributed by atoms with Crippen LogP contribution in [0.3, 0.4) is 0 Å². The fourth-order valence-corrected chi connectivity index (χ4v) is 3.78. The first-order valence-electron chi connectivity index (χ1n) is 8.07. The first kappa shape index (κ1) is 19.9. The van der Waals surface area contributed by atoms with E-state index < -0.39 is 66.5 Å². The second kappa shape index (κ2) is 6.63. The molecule has 1 saturated carbocycles. The Morgan fingerprint density at radius 2 is 1.50 bits per heavy atom. The zero-order chi connectivity index (χ0) is 19.4. The van der Waals surface area contributed by atoms with Crippen molar-refractivity contribution >= 4 is 0 Å². The highest BCUT2D eigenvalue weighted by molar-refractivity contribution is 5.24. The van der Waals surface area contributed by atoms with Crippen molar-refractivity contribution in [3.05, 3.63) is 12.3 Å². The minimum atomic E-state index is -2.07. The quantitative estimate of drug-likeness (QED) is 0.255. The molecule has 0 aromatic carbocycles. The number of hydrogen-bond donors (Lipinski definition) is 7. The summed E-state index contributed by atoms with van der Waals surface area (Å²) in [5, 5.41) is 71.2. The van der Waals surface area contributed by atoms with Gasteiger partial charge in [0.15, 0.2) is 12.6 Å². The van der Waals surface area contributed by atoms with Gasteiger partial charge in [0, 0.05) is 7.11 Å². The monoisotopic (exact) mass is 380 g/mol. The topological polar surface area (TPSA) is 179 Å². The van der Waals surface area contributed by atoms with Gasteiger partial charge in [-0.2, -0.15) is 0 Å². The van der Waals surface area contributed by atoms with Gasteiger partial charge in [-0.05, 0) is 13.0 Å². The molecular formula is C15H24O11. The van der Waals surface area contributed by atoms with Gasteiger partial charge < -0.3 is 54.7 Å². The van der Waals surface area contributed by atoms with E-state index in [1.165, 1.54) is 14.0 Å². The molecule has 3 aliphatic rings. The predicted molar refractivity (Wildman–Crippen MR) is 79.9 cm³/mol. The summed E-state index contributed by atoms with van der Waals surface area (Å²) in [6.45, 7) is 1.19. The van der Waals surface area contributed by atoms with Crippen molar-refractivity contribution in [3.63, 3.8) is 0 Å². The van der Waals surface area contributed by atoms with Crippen LogP contribution in [-0.2, 0) is 18.9 Å². The molecule has 0 spiro atoms. The lowest BCUT2D eigenvalue weighted by Crippen LogP contribution is -2.61. The van der Waals surface area contributed by atoms with Crippen LogP contribution >= 0.6 is 0 Å². The summed E-state index contributed by atoms with van der Waals surface area (Å²) in [5.74, 6) is -1.36. The fraction of sp³-hybridized carbons (Fsp3) is 0.867. The maximum absolute atomic E-state index is 10.7. The summed E-state index contributed by atoms with van der Waals surface area (Å²) in [5.41, 5.74) is -4.08. The molecule has 11 unspecified atom stereocenters. The molecule has 150 valence electrons. The molecule has 0 radical (unpaired) electrons. The van der Waals surface area contributed by atoms with Crippen LogP contribution in [0.1, 0.15) is 6.92 Å². The summed E-state index contributed by atoms with van der Waals surface area (Å²) in [7, 11) is 1.21. The van der Waals surface area contributed by atoms with Crippen molar-refractivity contribution in [2.24, 2.45) is 5.92 Å². The van der Waals surface area contributed by atoms with Crippen LogP contribution in [0.4, 0.5) is 0 Å². The van der Waals surface area contributed by atoms with Crippen LogP contribution in [0.2, 0.25) is 0 Å². The number of aliphatic hydroxyl groups is 7. The Morgan fingerprint density at radius 3 is 2.12 bits per heavy atom. The summed E-state index contributed by atoms with van der Waals surface area (Å²) >= 11 is 0. The van der Waals surface area contributed by atoms with Crippen LogP contribution in [0, 0.1) is 5.92 Å². The van der Waals surface area contributed by atoms with Gasteiger partial charge >= 0.3 is 0 Å². The molecule has 0 aromatic rings. The van der Waals surface area contributed by atoms with Crippen LogP contribution in [0.5, 0.6) is 0 Å². The van der Waals surface area contributed by atoms with E-state index in [4.69, 9.17) is 18.9 Å². The Balaban J connectivity index is 1.85. The van der Waals surface area contributed by atoms with Gasteiger partial charge in [-0.1, -0.05) is 0 Å². The minimum Gasteiger partial charge on any atom is -0.472 e. The molecule has 0 bridgehead atoms. The molecule has 0 amide bonds. The Labute approximate surface area is 148 Å². The standard InChI is InChI=1S/C15H24O11/c1-14(21)8-13(24-4-3-15(8,22)10(20)9(14)19)26-12-7(18)5(16)6(17)11(23-2)25-12/h3-13,16-22H,1-2H3. The van der Waals surface area contributed by atoms with E-state index in [0.29, 0.717) is 0 Å². The fourth-order valence-electron chi connectivity index (χ4n) is 3.78. The van der Waals surface area contributed by atoms with E-state index in [0.717, 1.165) is 12.3 Å². The Kier molecular flexibility index (Phi) is 5.08. The van der Waals surface area contributed by atoms with Crippen molar-refractivity contribution < 1.29 is 54.7 Å². The van der Waals surface area contributed by atoms with E-state index in [2.05, 4.69) is 0 Å². The van der Waals surface area contributed by atoms with Gasteiger partial charge in [-0.15, -0.1) is 0 Å². The summed E-state index contributed by atoms with van der Waals surface area (Å²) in [6, 6.07) is 0. The average molecular weight is 380 g/mol. The van der Waals surface area contributed by atoms with E-state index in [1.54, 1.807) is 0 Å². The molecule has 1 saturated heterocycles. The highest BCUT2D eigenvalue weighted by Crippen LogP contribution is 2.49. The van der Waals surface area contributed by atoms with Crippen molar-refractivity contribution in [2.45, 2.75) is 67.5 Å². The van der Waals surface area contributed by atoms with Gasteiger partial charge in [0.2, 0.25) is 6.29 Å². The second-order valence-electron chi connectivity index (χ2n) is 7.00. The average Bonchev–Trinajstić information content (AvgIpc) is 2.73. The Bertz CT molecular complexity index is 552. The molecule has 11 atom stereocenters. The number of methoxy groups -OCH3 is 1. The van der Waals surface area contributed by atoms with Crippen LogP contribution in [0.25, 0.3) is 0 Å². The smallest absolute Gasteiger partial charge is 0.210 e. The number of ether oxygens (including phenoxy) is 4. The van der Waals surface area contributed by atoms with Gasteiger partial charge in [0.05, 0.1) is 12.2 Å². The van der Waals surface area contributed by atoms with Gasteiger partial charge in [-0.3, -0.25) is 0 Å². The zero-order valence-corrected chi connectivity index (χ0v) is 14.1. The second-order valence-corrected chi connectivity index (χ2v) is 7.00. The van der Waals surface area contributed by atoms with Crippen LogP contribution in [-0.4, -0.2) is 103 Å². The molecule has 2 heterocycles. The number of hydrogen-bond acceptors (Lipinski definition) is 11. The van der Waals surface area contributed by atoms with E-state index in [-0.39, 0.29) is 0 Å². The third-order valence-electron chi connectivity index (χ3n) is 5.35. The molecule has 2 aliphatic heterocycles. The van der Waals surface area contributed by atoms with Gasteiger partial charge in [0.1, 0.15) is 41.7 Å². The van der Waals surface area contributed by atoms with E-state index >= 15 is 0 Å². The Hall–Kier alpha value is -0.860. The van der Waals surface area contributed by atoms with Crippen molar-refractivity contribution in [1.82, 2.24) is 0 Å². The van der Waals surface area contributed by atoms with Crippen molar-refractivity contribution in [2.75, 3.05) is 7.11 Å². The lowest BCUT2D eigenvalue weighted by atomic mass is 9.81. The molecular weight excluding hydrogens is 356 g/mol. The number of fused-ring (bicyclic) bond motifs is 1. The molecule has 0 aromatic heterocycles. The lowest BCUT2D eigenvalue weighted by Gasteiger charge is -2.45. The molecule has 7 N–H and O–H groups in total. The number of aliphatic hydroxyl groups excluding tert-OH is 5. The molecule has 2 fully saturated rings. The molecule has 11 heteroatoms. The molecule has 3 rings (SSSR count). The van der Waals surface area contributed by atoms with Crippen molar-refractivity contribution in [1.29, 1.82) is 0 Å². The zero-order valence-electron chi connectivity index (χ0n) is 14.1. The highest BCUT2D eigenvalue weighted by Gasteiger charge is 2.69. The summed E-state index contributed by atoms with van der Waals surface area (Å²) < 4.78 is 20.8. The molecule has 26 heavy (non-hydrogen) atoms. The van der Waals surface area contributed by atoms with Crippen LogP contribution < -0.4 is 0 Å². The third kappa shape index (κ3) is 2.76. The van der Waals surface area contributed by atoms with E-state index in [1.807, 2.05) is 0 Å². The molecule has 1 aliphatic carbocycles. The lowest BCUT2D eigenvalue weighted by molar-refractivity contribution is -0.380. The molecule has 11 nitrogen and oxygen atoms in total. The van der Waals surface area contributed by atoms with Gasteiger partial charge in [0.25, 0.3) is 0 Å². The predicted octanol–water partition coefficient (Wildman–Crippen LogP) is -3.88. The largest absolute Gasteiger partial charge is 0.472 e. The normalized spacial score (nSPS) is 56.9. The maximum atomic E-state index is 10.7. The van der Waals surface area contributed by atoms with Gasteiger partial charge in [-0.25, -0.2) is 0 Å². The summed E-state index contributed by atoms with van der Waals surface area (Å²) in [4.78, 5) is 0. The Morgan fingerprint density at radius 1 is 0.885 bits per heavy atom. The first-order valence-corrected chi connectivity index (χ1v) is 8.07. The summed E-state index contributed by atoms with van der Waals surface area (Å²) in [6.07, 6.45) is -10.5. The third-order valence-corrected chi connectivity index (χ3v) is 5.35. The number of rotatable bonds is 3. The highest BCUT2D eigenvalue weighted by atomic mass is 16.8. The minimum absolute atomic E-state index is 1.02.